The number of thioether (sulfide) groups is 1. The van der Waals surface area contributed by atoms with Crippen molar-refractivity contribution in [2.45, 2.75) is 32.2 Å². The van der Waals surface area contributed by atoms with Crippen LogP contribution in [0.15, 0.2) is 27.7 Å². The first-order valence-electron chi connectivity index (χ1n) is 6.04. The minimum absolute atomic E-state index is 0.0186. The van der Waals surface area contributed by atoms with E-state index in [-0.39, 0.29) is 11.4 Å². The van der Waals surface area contributed by atoms with Gasteiger partial charge in [-0.1, -0.05) is 31.7 Å². The number of anilines is 1. The van der Waals surface area contributed by atoms with Gasteiger partial charge >= 0.3 is 0 Å². The zero-order chi connectivity index (χ0) is 13.2. The Kier molecular flexibility index (Phi) is 4.33. The summed E-state index contributed by atoms with van der Waals surface area (Å²) in [6, 6.07) is 4.94. The lowest BCUT2D eigenvalue weighted by atomic mass is 9.97. The summed E-state index contributed by atoms with van der Waals surface area (Å²) in [4.78, 5) is 4.72. The molecule has 0 spiro atoms. The van der Waals surface area contributed by atoms with Gasteiger partial charge in [0.15, 0.2) is 5.17 Å². The van der Waals surface area contributed by atoms with Crippen LogP contribution >= 0.6 is 27.7 Å². The van der Waals surface area contributed by atoms with Crippen LogP contribution in [0.1, 0.15) is 26.7 Å². The molecule has 98 valence electrons. The van der Waals surface area contributed by atoms with Gasteiger partial charge in [0, 0.05) is 10.2 Å². The molecule has 0 saturated carbocycles. The Morgan fingerprint density at radius 2 is 2.17 bits per heavy atom. The molecular formula is C13H16BrFN2S. The van der Waals surface area contributed by atoms with Crippen molar-refractivity contribution in [2.75, 3.05) is 11.1 Å². The van der Waals surface area contributed by atoms with Gasteiger partial charge in [-0.05, 0) is 40.9 Å². The van der Waals surface area contributed by atoms with E-state index in [1.807, 2.05) is 6.07 Å². The second kappa shape index (κ2) is 5.61. The van der Waals surface area contributed by atoms with Crippen molar-refractivity contribution in [3.8, 4) is 0 Å². The summed E-state index contributed by atoms with van der Waals surface area (Å²) >= 11 is 5.01. The molecule has 0 unspecified atom stereocenters. The van der Waals surface area contributed by atoms with Crippen LogP contribution < -0.4 is 5.32 Å². The zero-order valence-corrected chi connectivity index (χ0v) is 12.9. The highest BCUT2D eigenvalue weighted by molar-refractivity contribution is 9.10. The number of nitrogens with one attached hydrogen (secondary N) is 1. The molecule has 0 saturated heterocycles. The van der Waals surface area contributed by atoms with Crippen LogP contribution in [0.3, 0.4) is 0 Å². The van der Waals surface area contributed by atoms with E-state index in [4.69, 9.17) is 4.99 Å². The van der Waals surface area contributed by atoms with Crippen LogP contribution in [0.5, 0.6) is 0 Å². The molecule has 0 radical (unpaired) electrons. The molecule has 1 heterocycles. The van der Waals surface area contributed by atoms with Crippen molar-refractivity contribution < 1.29 is 4.39 Å². The Morgan fingerprint density at radius 1 is 1.44 bits per heavy atom. The Morgan fingerprint density at radius 3 is 2.72 bits per heavy atom. The predicted molar refractivity (Wildman–Crippen MR) is 80.9 cm³/mol. The fourth-order valence-electron chi connectivity index (χ4n) is 1.88. The molecule has 0 aliphatic carbocycles. The second-order valence-electron chi connectivity index (χ2n) is 4.36. The maximum atomic E-state index is 13.7. The van der Waals surface area contributed by atoms with Gasteiger partial charge in [0.2, 0.25) is 0 Å². The van der Waals surface area contributed by atoms with Gasteiger partial charge in [0.25, 0.3) is 0 Å². The molecule has 2 nitrogen and oxygen atoms in total. The highest BCUT2D eigenvalue weighted by Crippen LogP contribution is 2.35. The van der Waals surface area contributed by atoms with Crippen LogP contribution in [-0.4, -0.2) is 16.5 Å². The Balaban J connectivity index is 2.21. The molecule has 0 bridgehead atoms. The van der Waals surface area contributed by atoms with Crippen LogP contribution in [0, 0.1) is 5.82 Å². The number of hydrogen-bond acceptors (Lipinski definition) is 3. The lowest BCUT2D eigenvalue weighted by Gasteiger charge is -2.20. The summed E-state index contributed by atoms with van der Waals surface area (Å²) in [5.74, 6) is 0.701. The minimum Gasteiger partial charge on any atom is -0.332 e. The van der Waals surface area contributed by atoms with E-state index >= 15 is 0 Å². The van der Waals surface area contributed by atoms with Crippen molar-refractivity contribution in [3.63, 3.8) is 0 Å². The average molecular weight is 331 g/mol. The van der Waals surface area contributed by atoms with E-state index in [0.29, 0.717) is 5.69 Å². The number of amidine groups is 1. The summed E-state index contributed by atoms with van der Waals surface area (Å²) in [5, 5.41) is 3.90. The van der Waals surface area contributed by atoms with E-state index in [1.54, 1.807) is 17.8 Å². The monoisotopic (exact) mass is 330 g/mol. The SMILES string of the molecule is CCC1(CC)CSC(Nc2c(F)cccc2Br)=N1. The molecule has 5 heteroatoms. The molecule has 0 aromatic heterocycles. The number of aliphatic imine (C=N–C) groups is 1. The van der Waals surface area contributed by atoms with Gasteiger partial charge in [-0.3, -0.25) is 4.99 Å². The van der Waals surface area contributed by atoms with Crippen molar-refractivity contribution in [2.24, 2.45) is 4.99 Å². The first-order chi connectivity index (χ1) is 8.60. The number of rotatable bonds is 3. The lowest BCUT2D eigenvalue weighted by Crippen LogP contribution is -2.24. The van der Waals surface area contributed by atoms with Gasteiger partial charge in [0.1, 0.15) is 5.82 Å². The third kappa shape index (κ3) is 2.72. The Bertz CT molecular complexity index is 452. The van der Waals surface area contributed by atoms with Crippen molar-refractivity contribution >= 4 is 38.5 Å². The van der Waals surface area contributed by atoms with E-state index in [1.165, 1.54) is 6.07 Å². The van der Waals surface area contributed by atoms with Gasteiger partial charge in [-0.25, -0.2) is 4.39 Å². The van der Waals surface area contributed by atoms with E-state index in [9.17, 15) is 4.39 Å². The van der Waals surface area contributed by atoms with Crippen molar-refractivity contribution in [1.29, 1.82) is 0 Å². The lowest BCUT2D eigenvalue weighted by molar-refractivity contribution is 0.456. The molecule has 1 aromatic carbocycles. The van der Waals surface area contributed by atoms with Crippen LogP contribution in [0.2, 0.25) is 0 Å². The predicted octanol–water partition coefficient (Wildman–Crippen LogP) is 4.66. The number of hydrogen-bond donors (Lipinski definition) is 1. The summed E-state index contributed by atoms with van der Waals surface area (Å²) in [7, 11) is 0. The van der Waals surface area contributed by atoms with E-state index in [0.717, 1.165) is 28.2 Å². The summed E-state index contributed by atoms with van der Waals surface area (Å²) < 4.78 is 14.4. The molecule has 0 amide bonds. The Hall–Kier alpha value is -0.550. The highest BCUT2D eigenvalue weighted by Gasteiger charge is 2.32. The first-order valence-corrected chi connectivity index (χ1v) is 7.82. The fraction of sp³-hybridized carbons (Fsp3) is 0.462. The standard InChI is InChI=1S/C13H16BrFN2S/c1-3-13(4-2)8-18-12(17-13)16-11-9(14)6-5-7-10(11)15/h5-7H,3-4,8H2,1-2H3,(H,16,17). The molecule has 18 heavy (non-hydrogen) atoms. The average Bonchev–Trinajstić information content (AvgIpc) is 2.78. The van der Waals surface area contributed by atoms with Gasteiger partial charge in [0.05, 0.1) is 11.2 Å². The van der Waals surface area contributed by atoms with E-state index in [2.05, 4.69) is 35.1 Å². The number of para-hydroxylation sites is 1. The van der Waals surface area contributed by atoms with Crippen molar-refractivity contribution in [1.82, 2.24) is 0 Å². The quantitative estimate of drug-likeness (QED) is 0.871. The molecule has 1 aromatic rings. The van der Waals surface area contributed by atoms with Crippen LogP contribution in [0.25, 0.3) is 0 Å². The topological polar surface area (TPSA) is 24.4 Å². The molecule has 2 rings (SSSR count). The first kappa shape index (κ1) is 13.9. The summed E-state index contributed by atoms with van der Waals surface area (Å²) in [6.45, 7) is 4.30. The highest BCUT2D eigenvalue weighted by atomic mass is 79.9. The fourth-order valence-corrected chi connectivity index (χ4v) is 3.63. The number of nitrogens with zero attached hydrogens (tertiary/aromatic N) is 1. The smallest absolute Gasteiger partial charge is 0.161 e. The van der Waals surface area contributed by atoms with E-state index < -0.39 is 0 Å². The number of halogens is 2. The van der Waals surface area contributed by atoms with Crippen LogP contribution in [-0.2, 0) is 0 Å². The third-order valence-electron chi connectivity index (χ3n) is 3.33. The van der Waals surface area contributed by atoms with Gasteiger partial charge in [-0.2, -0.15) is 0 Å². The molecule has 0 fully saturated rings. The zero-order valence-electron chi connectivity index (χ0n) is 10.5. The van der Waals surface area contributed by atoms with Crippen molar-refractivity contribution in [3.05, 3.63) is 28.5 Å². The second-order valence-corrected chi connectivity index (χ2v) is 6.18. The van der Waals surface area contributed by atoms with Crippen LogP contribution in [0.4, 0.5) is 10.1 Å². The molecule has 0 atom stereocenters. The normalized spacial score (nSPS) is 17.7. The minimum atomic E-state index is -0.266. The Labute approximate surface area is 120 Å². The third-order valence-corrected chi connectivity index (χ3v) is 5.14. The largest absolute Gasteiger partial charge is 0.332 e. The summed E-state index contributed by atoms with van der Waals surface area (Å²) in [5.41, 5.74) is 0.483. The number of benzene rings is 1. The molecule has 1 aliphatic rings. The summed E-state index contributed by atoms with van der Waals surface area (Å²) in [6.07, 6.45) is 2.03. The molecular weight excluding hydrogens is 315 g/mol. The maximum Gasteiger partial charge on any atom is 0.161 e. The molecule has 1 N–H and O–H groups in total. The molecule has 1 aliphatic heterocycles. The van der Waals surface area contributed by atoms with Gasteiger partial charge < -0.3 is 5.32 Å². The van der Waals surface area contributed by atoms with Gasteiger partial charge in [-0.15, -0.1) is 0 Å². The maximum absolute atomic E-state index is 13.7.